The van der Waals surface area contributed by atoms with Crippen LogP contribution in [0.1, 0.15) is 23.6 Å². The summed E-state index contributed by atoms with van der Waals surface area (Å²) in [5.74, 6) is 0.0187. The van der Waals surface area contributed by atoms with Crippen molar-refractivity contribution in [3.63, 3.8) is 0 Å². The number of aromatic nitrogens is 5. The summed E-state index contributed by atoms with van der Waals surface area (Å²) in [6, 6.07) is 11.6. The van der Waals surface area contributed by atoms with Gasteiger partial charge in [-0.15, -0.1) is 5.10 Å². The van der Waals surface area contributed by atoms with E-state index in [2.05, 4.69) is 20.3 Å². The van der Waals surface area contributed by atoms with E-state index in [1.807, 2.05) is 37.4 Å². The highest BCUT2D eigenvalue weighted by atomic mass is 19.1. The van der Waals surface area contributed by atoms with E-state index < -0.39 is 12.1 Å². The molecule has 5 rings (SSSR count). The van der Waals surface area contributed by atoms with Gasteiger partial charge < -0.3 is 14.2 Å². The molecule has 1 aliphatic rings. The topological polar surface area (TPSA) is 84.2 Å². The van der Waals surface area contributed by atoms with Crippen LogP contribution in [0.25, 0.3) is 22.3 Å². The summed E-state index contributed by atoms with van der Waals surface area (Å²) in [6.07, 6.45) is 3.59. The Hall–Kier alpha value is -3.43. The second-order valence-electron chi connectivity index (χ2n) is 8.04. The van der Waals surface area contributed by atoms with Crippen molar-refractivity contribution < 1.29 is 18.6 Å². The molecule has 0 atom stereocenters. The number of rotatable bonds is 6. The fraction of sp³-hybridized carbons (Fsp3) is 0.333. The maximum atomic E-state index is 14.5. The molecular formula is C24H24FN5O3. The van der Waals surface area contributed by atoms with Crippen LogP contribution in [-0.2, 0) is 15.9 Å². The van der Waals surface area contributed by atoms with E-state index in [1.165, 1.54) is 18.9 Å². The van der Waals surface area contributed by atoms with Gasteiger partial charge in [0.25, 0.3) is 0 Å². The highest BCUT2D eigenvalue weighted by Gasteiger charge is 2.25. The average Bonchev–Trinajstić information content (AvgIpc) is 3.34. The van der Waals surface area contributed by atoms with E-state index in [-0.39, 0.29) is 6.04 Å². The Morgan fingerprint density at radius 3 is 2.67 bits per heavy atom. The second-order valence-corrected chi connectivity index (χ2v) is 8.04. The molecule has 1 aliphatic heterocycles. The standard InChI is InChI=1S/C24H24FN5O3/c1-15-3-5-16(6-4-15)21-12-30(29-28-21)17-13-32-23(33-14-17)10-7-18-19(25)11-26-20-8-9-22(31-2)27-24(18)20/h3-6,8-9,11-12,17,23H,7,10,13-14H2,1-2H3. The highest BCUT2D eigenvalue weighted by Crippen LogP contribution is 2.25. The van der Waals surface area contributed by atoms with E-state index in [0.29, 0.717) is 48.5 Å². The zero-order valence-electron chi connectivity index (χ0n) is 18.4. The molecule has 4 heterocycles. The second kappa shape index (κ2) is 9.21. The number of aryl methyl sites for hydroxylation is 2. The lowest BCUT2D eigenvalue weighted by Gasteiger charge is -2.29. The molecule has 8 nitrogen and oxygen atoms in total. The van der Waals surface area contributed by atoms with E-state index in [9.17, 15) is 4.39 Å². The normalized spacial score (nSPS) is 18.5. The Kier molecular flexibility index (Phi) is 5.97. The molecule has 0 radical (unpaired) electrons. The Labute approximate surface area is 190 Å². The van der Waals surface area contributed by atoms with Gasteiger partial charge in [-0.2, -0.15) is 0 Å². The van der Waals surface area contributed by atoms with E-state index >= 15 is 0 Å². The molecule has 1 aromatic carbocycles. The Morgan fingerprint density at radius 2 is 1.91 bits per heavy atom. The molecule has 0 amide bonds. The monoisotopic (exact) mass is 449 g/mol. The van der Waals surface area contributed by atoms with Gasteiger partial charge in [-0.3, -0.25) is 4.98 Å². The van der Waals surface area contributed by atoms with Gasteiger partial charge in [-0.1, -0.05) is 35.0 Å². The number of benzene rings is 1. The molecule has 1 fully saturated rings. The predicted octanol–water partition coefficient (Wildman–Crippen LogP) is 3.89. The van der Waals surface area contributed by atoms with Crippen molar-refractivity contribution in [1.82, 2.24) is 25.0 Å². The highest BCUT2D eigenvalue weighted by molar-refractivity contribution is 5.78. The van der Waals surface area contributed by atoms with Crippen LogP contribution in [-0.4, -0.2) is 51.6 Å². The van der Waals surface area contributed by atoms with Gasteiger partial charge in [0.15, 0.2) is 6.29 Å². The summed E-state index contributed by atoms with van der Waals surface area (Å²) >= 11 is 0. The van der Waals surface area contributed by atoms with Crippen molar-refractivity contribution in [3.8, 4) is 17.1 Å². The number of hydrogen-bond acceptors (Lipinski definition) is 7. The largest absolute Gasteiger partial charge is 0.481 e. The van der Waals surface area contributed by atoms with Crippen molar-refractivity contribution in [2.75, 3.05) is 20.3 Å². The van der Waals surface area contributed by atoms with Gasteiger partial charge >= 0.3 is 0 Å². The van der Waals surface area contributed by atoms with Crippen LogP contribution in [0.4, 0.5) is 4.39 Å². The van der Waals surface area contributed by atoms with Crippen LogP contribution in [0.5, 0.6) is 5.88 Å². The number of hydrogen-bond donors (Lipinski definition) is 0. The quantitative estimate of drug-likeness (QED) is 0.442. The minimum atomic E-state index is -0.436. The van der Waals surface area contributed by atoms with Crippen molar-refractivity contribution in [2.45, 2.75) is 32.1 Å². The Morgan fingerprint density at radius 1 is 1.12 bits per heavy atom. The van der Waals surface area contributed by atoms with Crippen molar-refractivity contribution >= 4 is 11.0 Å². The lowest BCUT2D eigenvalue weighted by molar-refractivity contribution is -0.200. The fourth-order valence-corrected chi connectivity index (χ4v) is 3.86. The van der Waals surface area contributed by atoms with E-state index in [1.54, 1.807) is 16.8 Å². The molecule has 170 valence electrons. The van der Waals surface area contributed by atoms with Gasteiger partial charge in [-0.05, 0) is 19.4 Å². The van der Waals surface area contributed by atoms with Crippen LogP contribution in [0, 0.1) is 12.7 Å². The van der Waals surface area contributed by atoms with Crippen LogP contribution >= 0.6 is 0 Å². The summed E-state index contributed by atoms with van der Waals surface area (Å²) < 4.78 is 33.3. The summed E-state index contributed by atoms with van der Waals surface area (Å²) in [7, 11) is 1.53. The molecule has 0 unspecified atom stereocenters. The Balaban J connectivity index is 1.21. The van der Waals surface area contributed by atoms with Gasteiger partial charge in [0, 0.05) is 23.6 Å². The molecular weight excluding hydrogens is 425 g/mol. The van der Waals surface area contributed by atoms with E-state index in [4.69, 9.17) is 14.2 Å². The molecule has 0 bridgehead atoms. The lowest BCUT2D eigenvalue weighted by atomic mass is 10.1. The van der Waals surface area contributed by atoms with Crippen LogP contribution < -0.4 is 4.74 Å². The third kappa shape index (κ3) is 4.55. The summed E-state index contributed by atoms with van der Waals surface area (Å²) in [5.41, 5.74) is 4.61. The van der Waals surface area contributed by atoms with E-state index in [0.717, 1.165) is 11.3 Å². The van der Waals surface area contributed by atoms with Crippen molar-refractivity contribution in [3.05, 3.63) is 65.7 Å². The molecule has 33 heavy (non-hydrogen) atoms. The first-order valence-electron chi connectivity index (χ1n) is 10.8. The lowest BCUT2D eigenvalue weighted by Crippen LogP contribution is -2.34. The molecule has 9 heteroatoms. The maximum absolute atomic E-state index is 14.5. The minimum absolute atomic E-state index is 0.0719. The average molecular weight is 449 g/mol. The number of nitrogens with zero attached hydrogens (tertiary/aromatic N) is 5. The molecule has 0 spiro atoms. The first-order valence-corrected chi connectivity index (χ1v) is 10.8. The maximum Gasteiger partial charge on any atom is 0.213 e. The van der Waals surface area contributed by atoms with Gasteiger partial charge in [0.05, 0.1) is 43.8 Å². The number of methoxy groups -OCH3 is 1. The third-order valence-electron chi connectivity index (χ3n) is 5.76. The summed E-state index contributed by atoms with van der Waals surface area (Å²) in [5, 5.41) is 8.53. The van der Waals surface area contributed by atoms with Crippen LogP contribution in [0.3, 0.4) is 0 Å². The zero-order chi connectivity index (χ0) is 22.8. The molecule has 1 saturated heterocycles. The number of ether oxygens (including phenoxy) is 3. The molecule has 4 aromatic rings. The first-order chi connectivity index (χ1) is 16.1. The smallest absolute Gasteiger partial charge is 0.213 e. The molecule has 3 aromatic heterocycles. The zero-order valence-corrected chi connectivity index (χ0v) is 18.4. The minimum Gasteiger partial charge on any atom is -0.481 e. The first kappa shape index (κ1) is 21.4. The summed E-state index contributed by atoms with van der Waals surface area (Å²) in [4.78, 5) is 8.49. The van der Waals surface area contributed by atoms with Gasteiger partial charge in [-0.25, -0.2) is 14.1 Å². The third-order valence-corrected chi connectivity index (χ3v) is 5.76. The number of halogens is 1. The molecule has 0 saturated carbocycles. The predicted molar refractivity (Wildman–Crippen MR) is 119 cm³/mol. The Bertz CT molecular complexity index is 1250. The fourth-order valence-electron chi connectivity index (χ4n) is 3.86. The number of pyridine rings is 2. The van der Waals surface area contributed by atoms with Crippen LogP contribution in [0.2, 0.25) is 0 Å². The SMILES string of the molecule is COc1ccc2ncc(F)c(CCC3OCC(n4cc(-c5ccc(C)cc5)nn4)CO3)c2n1. The molecule has 0 N–H and O–H groups in total. The van der Waals surface area contributed by atoms with Gasteiger partial charge in [0.1, 0.15) is 17.6 Å². The summed E-state index contributed by atoms with van der Waals surface area (Å²) in [6.45, 7) is 2.92. The van der Waals surface area contributed by atoms with Crippen molar-refractivity contribution in [1.29, 1.82) is 0 Å². The number of fused-ring (bicyclic) bond motifs is 1. The van der Waals surface area contributed by atoms with Crippen LogP contribution in [0.15, 0.2) is 48.8 Å². The van der Waals surface area contributed by atoms with Gasteiger partial charge in [0.2, 0.25) is 5.88 Å². The molecule has 0 aliphatic carbocycles. The van der Waals surface area contributed by atoms with Crippen molar-refractivity contribution in [2.24, 2.45) is 0 Å².